The molecule has 0 atom stereocenters. The van der Waals surface area contributed by atoms with Crippen LogP contribution in [-0.2, 0) is 4.79 Å². The molecule has 6 heteroatoms. The third kappa shape index (κ3) is 4.10. The van der Waals surface area contributed by atoms with Crippen molar-refractivity contribution in [2.45, 2.75) is 38.8 Å². The van der Waals surface area contributed by atoms with E-state index in [0.29, 0.717) is 5.75 Å². The van der Waals surface area contributed by atoms with Crippen molar-refractivity contribution in [3.8, 4) is 5.69 Å². The second-order valence-electron chi connectivity index (χ2n) is 5.14. The van der Waals surface area contributed by atoms with Crippen molar-refractivity contribution in [3.05, 3.63) is 35.7 Å². The van der Waals surface area contributed by atoms with Crippen LogP contribution in [0.2, 0.25) is 0 Å². The third-order valence-electron chi connectivity index (χ3n) is 3.34. The van der Waals surface area contributed by atoms with Gasteiger partial charge in [-0.05, 0) is 31.9 Å². The molecule has 0 saturated heterocycles. The van der Waals surface area contributed by atoms with Gasteiger partial charge in [0.1, 0.15) is 5.82 Å². The van der Waals surface area contributed by atoms with E-state index < -0.39 is 0 Å². The van der Waals surface area contributed by atoms with Crippen LogP contribution in [0.3, 0.4) is 0 Å². The monoisotopic (exact) mass is 318 g/mol. The summed E-state index contributed by atoms with van der Waals surface area (Å²) in [4.78, 5) is 11.8. The predicted octanol–water partition coefficient (Wildman–Crippen LogP) is 2.89. The van der Waals surface area contributed by atoms with E-state index >= 15 is 0 Å². The molecule has 1 aromatic heterocycles. The molecule has 0 aliphatic carbocycles. The van der Waals surface area contributed by atoms with E-state index in [1.165, 1.54) is 11.8 Å². The molecule has 0 spiro atoms. The number of para-hydroxylation sites is 1. The number of aromatic nitrogens is 3. The molecule has 5 nitrogen and oxygen atoms in total. The first-order valence-corrected chi connectivity index (χ1v) is 8.49. The predicted molar refractivity (Wildman–Crippen MR) is 89.5 cm³/mol. The number of nitrogens with one attached hydrogen (secondary N) is 1. The SMILES string of the molecule is CCCCNC(=O)CSc1nnc(C)n1-c1ccccc1C. The minimum Gasteiger partial charge on any atom is -0.355 e. The van der Waals surface area contributed by atoms with Crippen molar-refractivity contribution < 1.29 is 4.79 Å². The van der Waals surface area contributed by atoms with Gasteiger partial charge < -0.3 is 5.32 Å². The summed E-state index contributed by atoms with van der Waals surface area (Å²) < 4.78 is 2.00. The van der Waals surface area contributed by atoms with Crippen molar-refractivity contribution >= 4 is 17.7 Å². The summed E-state index contributed by atoms with van der Waals surface area (Å²) >= 11 is 1.41. The highest BCUT2D eigenvalue weighted by atomic mass is 32.2. The van der Waals surface area contributed by atoms with E-state index in [4.69, 9.17) is 0 Å². The summed E-state index contributed by atoms with van der Waals surface area (Å²) in [5, 5.41) is 12.0. The van der Waals surface area contributed by atoms with Crippen molar-refractivity contribution in [2.75, 3.05) is 12.3 Å². The van der Waals surface area contributed by atoms with Crippen molar-refractivity contribution in [2.24, 2.45) is 0 Å². The molecule has 2 aromatic rings. The van der Waals surface area contributed by atoms with E-state index in [1.54, 1.807) is 0 Å². The Morgan fingerprint density at radius 1 is 1.27 bits per heavy atom. The zero-order valence-electron chi connectivity index (χ0n) is 13.3. The average molecular weight is 318 g/mol. The van der Waals surface area contributed by atoms with Crippen LogP contribution in [0.15, 0.2) is 29.4 Å². The number of nitrogens with zero attached hydrogens (tertiary/aromatic N) is 3. The van der Waals surface area contributed by atoms with Crippen LogP contribution in [0.5, 0.6) is 0 Å². The summed E-state index contributed by atoms with van der Waals surface area (Å²) in [6.45, 7) is 6.82. The Labute approximate surface area is 135 Å². The van der Waals surface area contributed by atoms with Crippen LogP contribution in [-0.4, -0.2) is 33.0 Å². The van der Waals surface area contributed by atoms with Gasteiger partial charge in [-0.1, -0.05) is 43.3 Å². The molecule has 1 heterocycles. The van der Waals surface area contributed by atoms with E-state index in [9.17, 15) is 4.79 Å². The quantitative estimate of drug-likeness (QED) is 0.630. The number of unbranched alkanes of at least 4 members (excludes halogenated alkanes) is 1. The van der Waals surface area contributed by atoms with E-state index in [1.807, 2.05) is 29.7 Å². The number of rotatable bonds is 7. The molecule has 0 saturated carbocycles. The largest absolute Gasteiger partial charge is 0.355 e. The molecule has 1 N–H and O–H groups in total. The van der Waals surface area contributed by atoms with Crippen LogP contribution in [0.25, 0.3) is 5.69 Å². The molecule has 2 rings (SSSR count). The zero-order chi connectivity index (χ0) is 15.9. The number of hydrogen-bond donors (Lipinski definition) is 1. The summed E-state index contributed by atoms with van der Waals surface area (Å²) in [5.41, 5.74) is 2.21. The fourth-order valence-corrected chi connectivity index (χ4v) is 2.93. The summed E-state index contributed by atoms with van der Waals surface area (Å²) in [7, 11) is 0. The fourth-order valence-electron chi connectivity index (χ4n) is 2.11. The van der Waals surface area contributed by atoms with Gasteiger partial charge in [0.2, 0.25) is 5.91 Å². The molecule has 0 unspecified atom stereocenters. The van der Waals surface area contributed by atoms with Gasteiger partial charge >= 0.3 is 0 Å². The summed E-state index contributed by atoms with van der Waals surface area (Å²) in [6.07, 6.45) is 2.09. The number of amides is 1. The third-order valence-corrected chi connectivity index (χ3v) is 4.27. The molecule has 0 aliphatic heterocycles. The Balaban J connectivity index is 2.07. The molecule has 0 aliphatic rings. The van der Waals surface area contributed by atoms with Gasteiger partial charge in [0.25, 0.3) is 0 Å². The minimum absolute atomic E-state index is 0.0374. The first-order chi connectivity index (χ1) is 10.6. The normalized spacial score (nSPS) is 10.7. The zero-order valence-corrected chi connectivity index (χ0v) is 14.1. The molecule has 118 valence electrons. The van der Waals surface area contributed by atoms with Crippen LogP contribution in [0, 0.1) is 13.8 Å². The molecular weight excluding hydrogens is 296 g/mol. The fraction of sp³-hybridized carbons (Fsp3) is 0.438. The molecule has 0 fully saturated rings. The van der Waals surface area contributed by atoms with Gasteiger partial charge in [0.05, 0.1) is 11.4 Å². The van der Waals surface area contributed by atoms with Crippen molar-refractivity contribution in [1.29, 1.82) is 0 Å². The highest BCUT2D eigenvalue weighted by molar-refractivity contribution is 7.99. The van der Waals surface area contributed by atoms with Crippen LogP contribution in [0.1, 0.15) is 31.2 Å². The molecule has 1 amide bonds. The Bertz CT molecular complexity index is 639. The lowest BCUT2D eigenvalue weighted by molar-refractivity contribution is -0.118. The molecule has 22 heavy (non-hydrogen) atoms. The molecule has 1 aromatic carbocycles. The number of carbonyl (C=O) groups excluding carboxylic acids is 1. The standard InChI is InChI=1S/C16H22N4OS/c1-4-5-10-17-15(21)11-22-16-19-18-13(3)20(16)14-9-7-6-8-12(14)2/h6-9H,4-5,10-11H2,1-3H3,(H,17,21). The smallest absolute Gasteiger partial charge is 0.230 e. The summed E-state index contributed by atoms with van der Waals surface area (Å²) in [6, 6.07) is 8.10. The van der Waals surface area contributed by atoms with E-state index in [0.717, 1.165) is 41.6 Å². The van der Waals surface area contributed by atoms with Crippen LogP contribution >= 0.6 is 11.8 Å². The first kappa shape index (κ1) is 16.5. The Morgan fingerprint density at radius 3 is 2.77 bits per heavy atom. The Morgan fingerprint density at radius 2 is 2.05 bits per heavy atom. The second kappa shape index (κ2) is 7.98. The van der Waals surface area contributed by atoms with E-state index in [-0.39, 0.29) is 5.91 Å². The lowest BCUT2D eigenvalue weighted by Gasteiger charge is -2.11. The van der Waals surface area contributed by atoms with Gasteiger partial charge in [0.15, 0.2) is 5.16 Å². The van der Waals surface area contributed by atoms with Gasteiger partial charge in [-0.15, -0.1) is 10.2 Å². The maximum Gasteiger partial charge on any atom is 0.230 e. The van der Waals surface area contributed by atoms with Crippen molar-refractivity contribution in [1.82, 2.24) is 20.1 Å². The maximum atomic E-state index is 11.8. The molecule has 0 radical (unpaired) electrons. The topological polar surface area (TPSA) is 59.8 Å². The maximum absolute atomic E-state index is 11.8. The minimum atomic E-state index is 0.0374. The Kier molecular flexibility index (Phi) is 6.00. The number of aryl methyl sites for hydroxylation is 2. The molecular formula is C16H22N4OS. The highest BCUT2D eigenvalue weighted by Gasteiger charge is 2.14. The van der Waals surface area contributed by atoms with Crippen molar-refractivity contribution in [3.63, 3.8) is 0 Å². The lowest BCUT2D eigenvalue weighted by atomic mass is 10.2. The number of hydrogen-bond acceptors (Lipinski definition) is 4. The highest BCUT2D eigenvalue weighted by Crippen LogP contribution is 2.23. The average Bonchev–Trinajstić information content (AvgIpc) is 2.87. The van der Waals surface area contributed by atoms with Gasteiger partial charge in [-0.3, -0.25) is 9.36 Å². The van der Waals surface area contributed by atoms with Gasteiger partial charge in [-0.2, -0.15) is 0 Å². The van der Waals surface area contributed by atoms with Crippen LogP contribution in [0.4, 0.5) is 0 Å². The first-order valence-electron chi connectivity index (χ1n) is 7.51. The number of benzene rings is 1. The van der Waals surface area contributed by atoms with Gasteiger partial charge in [-0.25, -0.2) is 0 Å². The second-order valence-corrected chi connectivity index (χ2v) is 6.09. The van der Waals surface area contributed by atoms with E-state index in [2.05, 4.69) is 35.4 Å². The Hall–Kier alpha value is -1.82. The van der Waals surface area contributed by atoms with Gasteiger partial charge in [0, 0.05) is 6.54 Å². The summed E-state index contributed by atoms with van der Waals surface area (Å²) in [5.74, 6) is 1.21. The number of carbonyl (C=O) groups is 1. The van der Waals surface area contributed by atoms with Crippen LogP contribution < -0.4 is 5.32 Å². The lowest BCUT2D eigenvalue weighted by Crippen LogP contribution is -2.26. The molecule has 0 bridgehead atoms. The number of thioether (sulfide) groups is 1.